The molecule has 0 aromatic carbocycles. The minimum Gasteiger partial charge on any atom is -0.162 e. The van der Waals surface area contributed by atoms with Gasteiger partial charge >= 0.3 is 0 Å². The Bertz CT molecular complexity index is 214. The molecule has 0 rings (SSSR count). The van der Waals surface area contributed by atoms with E-state index in [0.717, 1.165) is 5.75 Å². The monoisotopic (exact) mass is 397 g/mol. The highest BCUT2D eigenvalue weighted by Gasteiger charge is 1.95. The number of thioether (sulfide) groups is 1. The first-order valence-corrected chi connectivity index (χ1v) is 13.9. The molecule has 0 saturated heterocycles. The van der Waals surface area contributed by atoms with Gasteiger partial charge in [0.1, 0.15) is 0 Å². The summed E-state index contributed by atoms with van der Waals surface area (Å²) in [7, 11) is 0. The zero-order valence-electron chi connectivity index (χ0n) is 19.1. The molecule has 0 aromatic rings. The number of unbranched alkanes of at least 4 members (excludes halogenated alkanes) is 21. The van der Waals surface area contributed by atoms with E-state index in [-0.39, 0.29) is 0 Å². The van der Waals surface area contributed by atoms with E-state index >= 15 is 0 Å². The highest BCUT2D eigenvalue weighted by molar-refractivity contribution is 7.99. The summed E-state index contributed by atoms with van der Waals surface area (Å²) < 4.78 is 0. The predicted octanol–water partition coefficient (Wildman–Crippen LogP) is 10.2. The first kappa shape index (κ1) is 27.4. The van der Waals surface area contributed by atoms with Crippen LogP contribution in [0.4, 0.5) is 0 Å². The highest BCUT2D eigenvalue weighted by atomic mass is 32.2. The first-order valence-electron chi connectivity index (χ1n) is 12.8. The average Bonchev–Trinajstić information content (AvgIpc) is 2.68. The molecule has 0 nitrogen and oxygen atoms in total. The smallest absolute Gasteiger partial charge is 0.00672 e. The van der Waals surface area contributed by atoms with E-state index in [0.29, 0.717) is 0 Å². The zero-order chi connectivity index (χ0) is 19.7. The maximum absolute atomic E-state index is 3.88. The van der Waals surface area contributed by atoms with Crippen LogP contribution in [0.5, 0.6) is 0 Å². The molecule has 0 atom stereocenters. The van der Waals surface area contributed by atoms with Crippen molar-refractivity contribution in [2.75, 3.05) is 11.5 Å². The number of rotatable bonds is 24. The van der Waals surface area contributed by atoms with Crippen LogP contribution < -0.4 is 0 Å². The Kier molecular flexibility index (Phi) is 26.7. The molecule has 1 radical (unpaired) electrons. The van der Waals surface area contributed by atoms with Gasteiger partial charge in [-0.25, -0.2) is 0 Å². The second-order valence-corrected chi connectivity index (χ2v) is 9.76. The lowest BCUT2D eigenvalue weighted by molar-refractivity contribution is 0.520. The quantitative estimate of drug-likeness (QED) is 0.146. The Morgan fingerprint density at radius 2 is 0.667 bits per heavy atom. The average molecular weight is 398 g/mol. The van der Waals surface area contributed by atoms with Crippen LogP contribution in [0.3, 0.4) is 0 Å². The molecule has 0 aliphatic carbocycles. The van der Waals surface area contributed by atoms with Gasteiger partial charge in [-0.3, -0.25) is 0 Å². The Hall–Kier alpha value is 0.350. The number of hydrogen-bond donors (Lipinski definition) is 0. The normalized spacial score (nSPS) is 11.3. The summed E-state index contributed by atoms with van der Waals surface area (Å²) >= 11 is 1.99. The van der Waals surface area contributed by atoms with Gasteiger partial charge in [0.2, 0.25) is 0 Å². The van der Waals surface area contributed by atoms with E-state index in [4.69, 9.17) is 0 Å². The predicted molar refractivity (Wildman–Crippen MR) is 130 cm³/mol. The Balaban J connectivity index is 2.95. The molecule has 0 saturated carbocycles. The molecule has 0 fully saturated rings. The van der Waals surface area contributed by atoms with E-state index in [1.807, 2.05) is 11.8 Å². The molecule has 0 N–H and O–H groups in total. The molecule has 1 heteroatoms. The standard InChI is InChI=1S/C26H53S/c1-3-5-6-7-8-9-10-11-12-13-14-15-16-17-18-19-20-21-22-23-24-25-26-27-4-2/h2-26H2,1H3. The van der Waals surface area contributed by atoms with Crippen molar-refractivity contribution in [3.05, 3.63) is 6.92 Å². The minimum absolute atomic E-state index is 1.04. The first-order chi connectivity index (χ1) is 13.4. The Labute approximate surface area is 178 Å². The van der Waals surface area contributed by atoms with E-state index in [9.17, 15) is 0 Å². The second kappa shape index (κ2) is 26.4. The maximum atomic E-state index is 3.88. The fraction of sp³-hybridized carbons (Fsp3) is 0.962. The van der Waals surface area contributed by atoms with Crippen LogP contribution in [0.1, 0.15) is 148 Å². The SMILES string of the molecule is [CH2]CSCCCCCCCCCCCCCCCCCCCCCCCC. The molecular formula is C26H53S. The van der Waals surface area contributed by atoms with Crippen molar-refractivity contribution in [1.29, 1.82) is 0 Å². The molecule has 0 aromatic heterocycles. The van der Waals surface area contributed by atoms with Crippen LogP contribution in [0.25, 0.3) is 0 Å². The lowest BCUT2D eigenvalue weighted by Crippen LogP contribution is -1.85. The largest absolute Gasteiger partial charge is 0.162 e. The van der Waals surface area contributed by atoms with Crippen molar-refractivity contribution < 1.29 is 0 Å². The van der Waals surface area contributed by atoms with Crippen LogP contribution in [0.15, 0.2) is 0 Å². The molecule has 0 spiro atoms. The van der Waals surface area contributed by atoms with Gasteiger partial charge in [-0.2, -0.15) is 11.8 Å². The van der Waals surface area contributed by atoms with E-state index in [1.165, 1.54) is 147 Å². The van der Waals surface area contributed by atoms with Gasteiger partial charge in [-0.1, -0.05) is 142 Å². The third-order valence-electron chi connectivity index (χ3n) is 5.79. The van der Waals surface area contributed by atoms with Crippen LogP contribution in [0, 0.1) is 6.92 Å². The van der Waals surface area contributed by atoms with Crippen molar-refractivity contribution >= 4 is 11.8 Å². The molecule has 0 bridgehead atoms. The van der Waals surface area contributed by atoms with Crippen molar-refractivity contribution in [3.8, 4) is 0 Å². The Morgan fingerprint density at radius 1 is 0.407 bits per heavy atom. The minimum atomic E-state index is 1.04. The summed E-state index contributed by atoms with van der Waals surface area (Å²) in [6, 6.07) is 0. The van der Waals surface area contributed by atoms with Gasteiger partial charge in [0.25, 0.3) is 0 Å². The lowest BCUT2D eigenvalue weighted by atomic mass is 10.0. The van der Waals surface area contributed by atoms with Crippen molar-refractivity contribution in [2.24, 2.45) is 0 Å². The third-order valence-corrected chi connectivity index (χ3v) is 6.65. The molecular weight excluding hydrogens is 344 g/mol. The number of hydrogen-bond acceptors (Lipinski definition) is 1. The van der Waals surface area contributed by atoms with Crippen molar-refractivity contribution in [3.63, 3.8) is 0 Å². The molecule has 0 heterocycles. The van der Waals surface area contributed by atoms with Crippen molar-refractivity contribution in [2.45, 2.75) is 148 Å². The van der Waals surface area contributed by atoms with Gasteiger partial charge in [0.15, 0.2) is 0 Å². The molecule has 0 amide bonds. The maximum Gasteiger partial charge on any atom is -0.00672 e. The highest BCUT2D eigenvalue weighted by Crippen LogP contribution is 2.15. The molecule has 27 heavy (non-hydrogen) atoms. The molecule has 163 valence electrons. The topological polar surface area (TPSA) is 0 Å². The molecule has 0 aliphatic rings. The lowest BCUT2D eigenvalue weighted by Gasteiger charge is -2.04. The zero-order valence-corrected chi connectivity index (χ0v) is 19.9. The van der Waals surface area contributed by atoms with E-state index < -0.39 is 0 Å². The van der Waals surface area contributed by atoms with Crippen molar-refractivity contribution in [1.82, 2.24) is 0 Å². The van der Waals surface area contributed by atoms with Crippen LogP contribution in [-0.2, 0) is 0 Å². The fourth-order valence-electron chi connectivity index (χ4n) is 3.91. The summed E-state index contributed by atoms with van der Waals surface area (Å²) in [5.74, 6) is 2.36. The van der Waals surface area contributed by atoms with Gasteiger partial charge < -0.3 is 0 Å². The van der Waals surface area contributed by atoms with E-state index in [2.05, 4.69) is 13.8 Å². The van der Waals surface area contributed by atoms with Gasteiger partial charge in [0, 0.05) is 0 Å². The second-order valence-electron chi connectivity index (χ2n) is 8.54. The summed E-state index contributed by atoms with van der Waals surface area (Å²) in [5, 5.41) is 0. The van der Waals surface area contributed by atoms with Crippen LogP contribution >= 0.6 is 11.8 Å². The van der Waals surface area contributed by atoms with Gasteiger partial charge in [0.05, 0.1) is 0 Å². The van der Waals surface area contributed by atoms with Gasteiger partial charge in [-0.15, -0.1) is 0 Å². The Morgan fingerprint density at radius 3 is 0.926 bits per heavy atom. The van der Waals surface area contributed by atoms with E-state index in [1.54, 1.807) is 0 Å². The summed E-state index contributed by atoms with van der Waals surface area (Å²) in [5.41, 5.74) is 0. The summed E-state index contributed by atoms with van der Waals surface area (Å²) in [6.45, 7) is 6.18. The van der Waals surface area contributed by atoms with Crippen LogP contribution in [0.2, 0.25) is 0 Å². The van der Waals surface area contributed by atoms with Gasteiger partial charge in [-0.05, 0) is 24.9 Å². The van der Waals surface area contributed by atoms with Crippen LogP contribution in [-0.4, -0.2) is 11.5 Å². The molecule has 0 aliphatic heterocycles. The fourth-order valence-corrected chi connectivity index (χ4v) is 4.53. The summed E-state index contributed by atoms with van der Waals surface area (Å²) in [6.07, 6.45) is 32.3. The molecule has 0 unspecified atom stereocenters. The third kappa shape index (κ3) is 26.4. The summed E-state index contributed by atoms with van der Waals surface area (Å²) in [4.78, 5) is 0.